The molecule has 27 nitrogen and oxygen atoms in total. The number of hydrogen-bond acceptors (Lipinski definition) is 18. The second kappa shape index (κ2) is 26.1. The molecule has 0 aromatic carbocycles. The number of carbonyl (C=O) groups is 6. The van der Waals surface area contributed by atoms with Crippen molar-refractivity contribution in [2.75, 3.05) is 40.8 Å². The predicted molar refractivity (Wildman–Crippen MR) is 348 cm³/mol. The summed E-state index contributed by atoms with van der Waals surface area (Å²) in [7, 11) is 4.88. The van der Waals surface area contributed by atoms with Gasteiger partial charge in [0.1, 0.15) is 0 Å². The van der Waals surface area contributed by atoms with Crippen LogP contribution in [0.4, 0.5) is 0 Å². The first-order valence-corrected chi connectivity index (χ1v) is 31.3. The minimum atomic E-state index is -1.69. The normalized spacial score (nSPS) is 24.2. The Morgan fingerprint density at radius 2 is 0.819 bits per heavy atom. The molecule has 0 bridgehead atoms. The zero-order valence-electron chi connectivity index (χ0n) is 53.6. The van der Waals surface area contributed by atoms with Crippen molar-refractivity contribution in [2.45, 2.75) is 134 Å². The van der Waals surface area contributed by atoms with Gasteiger partial charge in [0.15, 0.2) is 34.5 Å². The number of likely N-dealkylation sites (N-methyl/N-ethyl adjacent to an activating group) is 3. The maximum atomic E-state index is 12.1. The average molecular weight is 1400 g/mol. The van der Waals surface area contributed by atoms with Gasteiger partial charge in [0.05, 0.1) is 35.4 Å². The second-order valence-corrected chi connectivity index (χ2v) is 27.8. The number of aliphatic hydroxyl groups excluding tert-OH is 3. The molecule has 12 N–H and O–H groups in total. The molecule has 6 atom stereocenters. The molecule has 3 saturated heterocycles. The van der Waals surface area contributed by atoms with E-state index in [0.29, 0.717) is 91.4 Å². The Kier molecular flexibility index (Phi) is 19.3. The lowest BCUT2D eigenvalue weighted by atomic mass is 9.74. The Balaban J connectivity index is 0.000000156. The fourth-order valence-electron chi connectivity index (χ4n) is 11.9. The quantitative estimate of drug-likeness (QED) is 0.0798. The Labute approximate surface area is 556 Å². The molecular weight excluding hydrogens is 1320 g/mol. The molecule has 3 aliphatic carbocycles. The van der Waals surface area contributed by atoms with Crippen LogP contribution in [-0.4, -0.2) is 201 Å². The van der Waals surface area contributed by atoms with Crippen LogP contribution >= 0.6 is 22.6 Å². The van der Waals surface area contributed by atoms with Gasteiger partial charge in [-0.15, -0.1) is 6.42 Å². The summed E-state index contributed by atoms with van der Waals surface area (Å²) in [4.78, 5) is 88.3. The number of rotatable bonds is 6. The summed E-state index contributed by atoms with van der Waals surface area (Å²) in [5, 5.41) is 74.7. The Morgan fingerprint density at radius 3 is 1.09 bits per heavy atom. The molecule has 0 spiro atoms. The average Bonchev–Trinajstić information content (AvgIpc) is 1.59. The van der Waals surface area contributed by atoms with Crippen molar-refractivity contribution in [1.29, 1.82) is 0 Å². The lowest BCUT2D eigenvalue weighted by Crippen LogP contribution is -2.38. The molecule has 6 amide bonds. The third-order valence-corrected chi connectivity index (χ3v) is 18.9. The van der Waals surface area contributed by atoms with Crippen LogP contribution in [0.3, 0.4) is 0 Å². The number of primary amides is 3. The van der Waals surface area contributed by atoms with E-state index < -0.39 is 75.5 Å². The van der Waals surface area contributed by atoms with E-state index in [1.807, 2.05) is 53.7 Å². The van der Waals surface area contributed by atoms with E-state index in [1.165, 1.54) is 14.7 Å². The van der Waals surface area contributed by atoms with Crippen LogP contribution in [-0.2, 0) is 52.9 Å². The van der Waals surface area contributed by atoms with Gasteiger partial charge in [-0.2, -0.15) is 15.3 Å². The van der Waals surface area contributed by atoms with E-state index in [9.17, 15) is 59.4 Å². The number of aromatic nitrogens is 9. The molecule has 0 radical (unpaired) electrons. The maximum absolute atomic E-state index is 12.1. The highest BCUT2D eigenvalue weighted by molar-refractivity contribution is 14.1. The number of hydrogen-bond donors (Lipinski definition) is 9. The van der Waals surface area contributed by atoms with Crippen molar-refractivity contribution in [3.05, 3.63) is 121 Å². The Morgan fingerprint density at radius 1 is 0.521 bits per heavy atom. The minimum absolute atomic E-state index is 0.122. The van der Waals surface area contributed by atoms with Gasteiger partial charge >= 0.3 is 0 Å². The van der Waals surface area contributed by atoms with Crippen LogP contribution in [0.2, 0.25) is 0 Å². The molecule has 94 heavy (non-hydrogen) atoms. The Hall–Kier alpha value is -8.93. The second-order valence-electron chi connectivity index (χ2n) is 26.6. The number of amides is 6. The van der Waals surface area contributed by atoms with Gasteiger partial charge in [-0.3, -0.25) is 28.8 Å². The topological polar surface area (TPSA) is 404 Å². The molecule has 6 aliphatic rings. The number of likely N-dealkylation sites (tertiary alicyclic amines) is 3. The minimum Gasteiger partial charge on any atom is -0.392 e. The summed E-state index contributed by atoms with van der Waals surface area (Å²) < 4.78 is 5.85. The number of nitrogens with two attached hydrogens (primary N) is 3. The fourth-order valence-corrected chi connectivity index (χ4v) is 12.3. The first kappa shape index (κ1) is 69.4. The first-order chi connectivity index (χ1) is 43.9. The van der Waals surface area contributed by atoms with Crippen molar-refractivity contribution in [2.24, 2.45) is 33.4 Å². The van der Waals surface area contributed by atoms with Crippen molar-refractivity contribution < 1.29 is 59.4 Å². The molecule has 1 unspecified atom stereocenters. The molecule has 3 fully saturated rings. The van der Waals surface area contributed by atoms with E-state index in [1.54, 1.807) is 78.0 Å². The number of nitrogens with zero attached hydrogens (tertiary/aromatic N) is 12. The highest BCUT2D eigenvalue weighted by Gasteiger charge is 2.46. The molecule has 9 heterocycles. The summed E-state index contributed by atoms with van der Waals surface area (Å²) in [6.07, 6.45) is 11.4. The SMILES string of the molecule is C#C[C@]1(O)CCN(C)C1=O.CC1(C)Cc2c(c(C(N)=O)nn2-c2cc(I)ccn2)CC1O.CN1CC[C@@](O)(C#Cc2ccnc(-n3nc(C(N)=O)c4c3CC(C)(C)[C@@H](O)C4)c2)C1=O.CN1CC[C@@](O)(C#Cc2ccnc(-n3nc(C(N)=O)c4c3CC(C)(C)[C@H](O)C4)c2)C1=O. The van der Waals surface area contributed by atoms with E-state index in [2.05, 4.69) is 82.4 Å². The lowest BCUT2D eigenvalue weighted by Gasteiger charge is -2.35. The largest absolute Gasteiger partial charge is 0.392 e. The molecule has 28 heteroatoms. The summed E-state index contributed by atoms with van der Waals surface area (Å²) in [6.45, 7) is 13.3. The van der Waals surface area contributed by atoms with E-state index >= 15 is 0 Å². The molecular formula is C66H76IN15O12. The van der Waals surface area contributed by atoms with Gasteiger partial charge < -0.3 is 62.5 Å². The van der Waals surface area contributed by atoms with Gasteiger partial charge in [0, 0.05) is 129 Å². The van der Waals surface area contributed by atoms with Crippen LogP contribution in [0.25, 0.3) is 17.5 Å². The van der Waals surface area contributed by atoms with Crippen molar-refractivity contribution in [3.8, 4) is 53.5 Å². The monoisotopic (exact) mass is 1400 g/mol. The van der Waals surface area contributed by atoms with Crippen LogP contribution < -0.4 is 17.2 Å². The number of terminal acetylenes is 1. The predicted octanol–water partition coefficient (Wildman–Crippen LogP) is 0.263. The third kappa shape index (κ3) is 13.8. The molecule has 6 aromatic heterocycles. The summed E-state index contributed by atoms with van der Waals surface area (Å²) in [5.74, 6) is 11.6. The van der Waals surface area contributed by atoms with Crippen LogP contribution in [0.1, 0.15) is 137 Å². The van der Waals surface area contributed by atoms with Crippen molar-refractivity contribution in [1.82, 2.24) is 59.0 Å². The van der Waals surface area contributed by atoms with Gasteiger partial charge in [-0.05, 0) is 94.5 Å². The number of halogens is 1. The van der Waals surface area contributed by atoms with Gasteiger partial charge in [0.2, 0.25) is 16.8 Å². The van der Waals surface area contributed by atoms with Crippen LogP contribution in [0, 0.1) is 55.8 Å². The van der Waals surface area contributed by atoms with E-state index in [4.69, 9.17) is 23.6 Å². The molecule has 494 valence electrons. The summed E-state index contributed by atoms with van der Waals surface area (Å²) in [5.41, 5.74) is 16.5. The van der Waals surface area contributed by atoms with E-state index in [0.717, 1.165) is 26.2 Å². The van der Waals surface area contributed by atoms with Gasteiger partial charge in [0.25, 0.3) is 35.4 Å². The first-order valence-electron chi connectivity index (χ1n) is 30.2. The smallest absolute Gasteiger partial charge is 0.269 e. The third-order valence-electron chi connectivity index (χ3n) is 18.2. The fraction of sp³-hybridized carbons (Fsp3) is 0.455. The zero-order chi connectivity index (χ0) is 68.9. The maximum Gasteiger partial charge on any atom is 0.269 e. The van der Waals surface area contributed by atoms with Gasteiger partial charge in [-0.1, -0.05) is 71.1 Å². The summed E-state index contributed by atoms with van der Waals surface area (Å²) in [6, 6.07) is 10.5. The lowest BCUT2D eigenvalue weighted by molar-refractivity contribution is -0.138. The summed E-state index contributed by atoms with van der Waals surface area (Å²) >= 11 is 2.21. The molecule has 0 saturated carbocycles. The highest BCUT2D eigenvalue weighted by atomic mass is 127. The zero-order valence-corrected chi connectivity index (χ0v) is 55.8. The van der Waals surface area contributed by atoms with E-state index in [-0.39, 0.29) is 54.1 Å². The van der Waals surface area contributed by atoms with Crippen molar-refractivity contribution in [3.63, 3.8) is 0 Å². The number of pyridine rings is 3. The standard InChI is InChI=1S/2C22H25N5O4.C15H17IN4O2.C7H9NO2/c2*1-21(2)12-15-14(11-16(21)28)18(19(23)29)25-27(15)17-10-13(5-8-24-17)4-6-22(31)7-9-26(3)20(22)30;1-15(2)7-10-9(6-11(15)21)13(14(17)22)19-20(10)12-5-8(16)3-4-18-12;1-3-7(10)4-5-8(2)6(7)9/h2*5,8,10,16,28,31H,7,9,11-12H2,1-3H3,(H2,23,29);3-5,11,21H,6-7H2,1-2H3,(H2,17,22);1,10H,4-5H2,2H3/t16-,22+;16-,22-;;7-/m10.0/s1. The number of carbonyl (C=O) groups excluding carboxylic acids is 6. The van der Waals surface area contributed by atoms with Gasteiger partial charge in [-0.25, -0.2) is 29.0 Å². The Bertz CT molecular complexity index is 4060. The number of fused-ring (bicyclic) bond motifs is 3. The molecule has 12 rings (SSSR count). The van der Waals surface area contributed by atoms with Crippen LogP contribution in [0.15, 0.2) is 55.0 Å². The van der Waals surface area contributed by atoms with Crippen LogP contribution in [0.5, 0.6) is 0 Å². The highest BCUT2D eigenvalue weighted by Crippen LogP contribution is 2.40. The molecule has 3 aliphatic heterocycles. The molecule has 6 aromatic rings. The van der Waals surface area contributed by atoms with Crippen molar-refractivity contribution >= 4 is 58.0 Å². The number of aliphatic hydroxyl groups is 6.